The summed E-state index contributed by atoms with van der Waals surface area (Å²) < 4.78 is -0.838. The average Bonchev–Trinajstić information content (AvgIpc) is 2.09. The molecule has 0 rings (SSSR count). The van der Waals surface area contributed by atoms with Crippen molar-refractivity contribution < 1.29 is 14.7 Å². The van der Waals surface area contributed by atoms with Crippen LogP contribution < -0.4 is 11.1 Å². The van der Waals surface area contributed by atoms with Crippen molar-refractivity contribution in [3.05, 3.63) is 0 Å². The Morgan fingerprint density at radius 1 is 1.53 bits per heavy atom. The summed E-state index contributed by atoms with van der Waals surface area (Å²) in [7, 11) is 0. The molecule has 2 atom stereocenters. The summed E-state index contributed by atoms with van der Waals surface area (Å²) in [5.41, 5.74) is 5.48. The highest BCUT2D eigenvalue weighted by Gasteiger charge is 2.34. The molecule has 0 heterocycles. The second-order valence-corrected chi connectivity index (χ2v) is 5.10. The molecule has 0 saturated carbocycles. The topological polar surface area (TPSA) is 92.4 Å². The fourth-order valence-electron chi connectivity index (χ4n) is 0.975. The smallest absolute Gasteiger partial charge is 0.327 e. The molecule has 0 saturated heterocycles. The molecule has 5 nitrogen and oxygen atoms in total. The third-order valence-corrected chi connectivity index (χ3v) is 2.27. The third kappa shape index (κ3) is 4.53. The molecule has 0 unspecified atom stereocenters. The van der Waals surface area contributed by atoms with Gasteiger partial charge in [0.05, 0.1) is 6.04 Å². The number of amides is 1. The molecule has 88 valence electrons. The van der Waals surface area contributed by atoms with Gasteiger partial charge in [-0.3, -0.25) is 4.79 Å². The zero-order chi connectivity index (χ0) is 12.2. The molecule has 1 amide bonds. The molecule has 4 N–H and O–H groups in total. The van der Waals surface area contributed by atoms with Crippen LogP contribution in [0, 0.1) is 0 Å². The molecule has 0 aliphatic heterocycles. The zero-order valence-electron chi connectivity index (χ0n) is 9.15. The summed E-state index contributed by atoms with van der Waals surface area (Å²) in [4.78, 5) is 22.3. The molecule has 0 aliphatic rings. The van der Waals surface area contributed by atoms with E-state index in [0.717, 1.165) is 0 Å². The molecule has 0 bridgehead atoms. The van der Waals surface area contributed by atoms with Gasteiger partial charge in [0, 0.05) is 4.75 Å². The Hall–Kier alpha value is -0.750. The summed E-state index contributed by atoms with van der Waals surface area (Å²) in [5, 5.41) is 11.3. The van der Waals surface area contributed by atoms with Crippen LogP contribution in [0.3, 0.4) is 0 Å². The van der Waals surface area contributed by atoms with Crippen molar-refractivity contribution in [1.82, 2.24) is 5.32 Å². The van der Waals surface area contributed by atoms with Gasteiger partial charge in [-0.25, -0.2) is 4.79 Å². The van der Waals surface area contributed by atoms with Gasteiger partial charge in [-0.2, -0.15) is 12.6 Å². The maximum Gasteiger partial charge on any atom is 0.327 e. The van der Waals surface area contributed by atoms with Gasteiger partial charge in [0.25, 0.3) is 0 Å². The standard InChI is InChI=1S/C9H18N2O3S/c1-4-5(10)7(12)11-6(8(13)14)9(2,3)15/h5-6,15H,4,10H2,1-3H3,(H,11,12)(H,13,14)/t5-,6+/m0/s1. The third-order valence-electron chi connectivity index (χ3n) is 2.02. The van der Waals surface area contributed by atoms with Crippen LogP contribution in [0.2, 0.25) is 0 Å². The monoisotopic (exact) mass is 234 g/mol. The van der Waals surface area contributed by atoms with Crippen molar-refractivity contribution in [2.45, 2.75) is 44.0 Å². The van der Waals surface area contributed by atoms with Gasteiger partial charge in [0.2, 0.25) is 5.91 Å². The highest BCUT2D eigenvalue weighted by Crippen LogP contribution is 2.17. The Labute approximate surface area is 94.8 Å². The van der Waals surface area contributed by atoms with Gasteiger partial charge in [0.1, 0.15) is 6.04 Å². The number of carboxylic acid groups (broad SMARTS) is 1. The molecule has 0 radical (unpaired) electrons. The Bertz CT molecular complexity index is 250. The van der Waals surface area contributed by atoms with E-state index in [0.29, 0.717) is 6.42 Å². The molecular formula is C9H18N2O3S. The van der Waals surface area contributed by atoms with E-state index in [1.807, 2.05) is 0 Å². The summed E-state index contributed by atoms with van der Waals surface area (Å²) in [5.74, 6) is -1.58. The first-order valence-electron chi connectivity index (χ1n) is 4.71. The minimum atomic E-state index is -1.12. The second-order valence-electron chi connectivity index (χ2n) is 3.95. The number of carbonyl (C=O) groups excluding carboxylic acids is 1. The predicted molar refractivity (Wildman–Crippen MR) is 60.9 cm³/mol. The molecule has 0 fully saturated rings. The number of rotatable bonds is 5. The number of hydrogen-bond acceptors (Lipinski definition) is 4. The first-order chi connectivity index (χ1) is 6.70. The van der Waals surface area contributed by atoms with E-state index in [9.17, 15) is 9.59 Å². The average molecular weight is 234 g/mol. The van der Waals surface area contributed by atoms with Crippen LogP contribution >= 0.6 is 12.6 Å². The van der Waals surface area contributed by atoms with Gasteiger partial charge in [0.15, 0.2) is 0 Å². The van der Waals surface area contributed by atoms with Gasteiger partial charge >= 0.3 is 5.97 Å². The number of nitrogens with two attached hydrogens (primary N) is 1. The van der Waals surface area contributed by atoms with Gasteiger partial charge in [-0.15, -0.1) is 0 Å². The normalized spacial score (nSPS) is 15.5. The maximum absolute atomic E-state index is 11.4. The van der Waals surface area contributed by atoms with Gasteiger partial charge in [-0.1, -0.05) is 6.92 Å². The molecule has 6 heteroatoms. The maximum atomic E-state index is 11.4. The molecule has 15 heavy (non-hydrogen) atoms. The fraction of sp³-hybridized carbons (Fsp3) is 0.778. The summed E-state index contributed by atoms with van der Waals surface area (Å²) in [6.07, 6.45) is 0.463. The Kier molecular flexibility index (Phi) is 5.10. The first kappa shape index (κ1) is 14.2. The Balaban J connectivity index is 4.58. The lowest BCUT2D eigenvalue weighted by Crippen LogP contribution is -2.55. The molecule has 0 aromatic rings. The van der Waals surface area contributed by atoms with Crippen LogP contribution in [-0.2, 0) is 9.59 Å². The molecule has 0 aromatic carbocycles. The van der Waals surface area contributed by atoms with Crippen LogP contribution in [0.4, 0.5) is 0 Å². The van der Waals surface area contributed by atoms with Crippen molar-refractivity contribution in [1.29, 1.82) is 0 Å². The van der Waals surface area contributed by atoms with Crippen LogP contribution in [0.1, 0.15) is 27.2 Å². The van der Waals surface area contributed by atoms with E-state index in [1.54, 1.807) is 20.8 Å². The van der Waals surface area contributed by atoms with Gasteiger partial charge in [-0.05, 0) is 20.3 Å². The minimum Gasteiger partial charge on any atom is -0.480 e. The highest BCUT2D eigenvalue weighted by atomic mass is 32.1. The van der Waals surface area contributed by atoms with E-state index in [1.165, 1.54) is 0 Å². The first-order valence-corrected chi connectivity index (χ1v) is 5.16. The molecule has 0 aliphatic carbocycles. The summed E-state index contributed by atoms with van der Waals surface area (Å²) in [6.45, 7) is 4.99. The lowest BCUT2D eigenvalue weighted by atomic mass is 10.0. The van der Waals surface area contributed by atoms with E-state index in [-0.39, 0.29) is 0 Å². The second kappa shape index (κ2) is 5.37. The van der Waals surface area contributed by atoms with E-state index in [4.69, 9.17) is 10.8 Å². The summed E-state index contributed by atoms with van der Waals surface area (Å²) in [6, 6.07) is -1.73. The Morgan fingerprint density at radius 2 is 2.00 bits per heavy atom. The number of aliphatic carboxylic acids is 1. The fourth-order valence-corrected chi connectivity index (χ4v) is 1.15. The minimum absolute atomic E-state index is 0.463. The van der Waals surface area contributed by atoms with Crippen LogP contribution in [-0.4, -0.2) is 33.8 Å². The lowest BCUT2D eigenvalue weighted by molar-refractivity contribution is -0.142. The summed E-state index contributed by atoms with van der Waals surface area (Å²) >= 11 is 4.13. The number of carbonyl (C=O) groups is 2. The van der Waals surface area contributed by atoms with Crippen molar-refractivity contribution in [3.8, 4) is 0 Å². The quantitative estimate of drug-likeness (QED) is 0.504. The Morgan fingerprint density at radius 3 is 2.27 bits per heavy atom. The van der Waals surface area contributed by atoms with Crippen LogP contribution in [0.5, 0.6) is 0 Å². The number of hydrogen-bond donors (Lipinski definition) is 4. The van der Waals surface area contributed by atoms with Crippen molar-refractivity contribution in [2.75, 3.05) is 0 Å². The van der Waals surface area contributed by atoms with Crippen molar-refractivity contribution in [3.63, 3.8) is 0 Å². The largest absolute Gasteiger partial charge is 0.480 e. The van der Waals surface area contributed by atoms with Gasteiger partial charge < -0.3 is 16.2 Å². The van der Waals surface area contributed by atoms with E-state index in [2.05, 4.69) is 17.9 Å². The number of carboxylic acids is 1. The molecule has 0 spiro atoms. The SMILES string of the molecule is CC[C@H](N)C(=O)N[C@H](C(=O)O)C(C)(C)S. The predicted octanol–water partition coefficient (Wildman–Crippen LogP) is 0.00150. The van der Waals surface area contributed by atoms with E-state index < -0.39 is 28.7 Å². The van der Waals surface area contributed by atoms with E-state index >= 15 is 0 Å². The highest BCUT2D eigenvalue weighted by molar-refractivity contribution is 7.81. The van der Waals surface area contributed by atoms with Crippen LogP contribution in [0.25, 0.3) is 0 Å². The molecular weight excluding hydrogens is 216 g/mol. The lowest BCUT2D eigenvalue weighted by Gasteiger charge is -2.27. The van der Waals surface area contributed by atoms with Crippen LogP contribution in [0.15, 0.2) is 0 Å². The number of thiol groups is 1. The van der Waals surface area contributed by atoms with Crippen molar-refractivity contribution >= 4 is 24.5 Å². The zero-order valence-corrected chi connectivity index (χ0v) is 10.0. The number of nitrogens with one attached hydrogen (secondary N) is 1. The molecule has 0 aromatic heterocycles. The van der Waals surface area contributed by atoms with Crippen molar-refractivity contribution in [2.24, 2.45) is 5.73 Å².